The minimum atomic E-state index is -0.495. The lowest BCUT2D eigenvalue weighted by molar-refractivity contribution is -0.384. The quantitative estimate of drug-likeness (QED) is 0.154. The molecule has 1 fully saturated rings. The van der Waals surface area contributed by atoms with Crippen LogP contribution in [0.2, 0.25) is 10.0 Å². The summed E-state index contributed by atoms with van der Waals surface area (Å²) in [6.45, 7) is 0.295. The Hall–Kier alpha value is -2.91. The molecule has 10 heteroatoms. The van der Waals surface area contributed by atoms with Crippen LogP contribution >= 0.6 is 47.2 Å². The predicted molar refractivity (Wildman–Crippen MR) is 136 cm³/mol. The number of hydrogen-bond acceptors (Lipinski definition) is 6. The van der Waals surface area contributed by atoms with Crippen LogP contribution in [0, 0.1) is 10.1 Å². The molecule has 1 heterocycles. The average Bonchev–Trinajstić information content (AvgIpc) is 3.07. The highest BCUT2D eigenvalue weighted by Crippen LogP contribution is 2.36. The van der Waals surface area contributed by atoms with Gasteiger partial charge in [-0.05, 0) is 48.0 Å². The molecule has 6 nitrogen and oxygen atoms in total. The molecule has 1 aliphatic heterocycles. The van der Waals surface area contributed by atoms with E-state index in [1.807, 2.05) is 18.2 Å². The highest BCUT2D eigenvalue weighted by atomic mass is 35.5. The Kier molecular flexibility index (Phi) is 6.99. The van der Waals surface area contributed by atoms with Gasteiger partial charge in [-0.25, -0.2) is 0 Å². The van der Waals surface area contributed by atoms with Gasteiger partial charge in [-0.3, -0.25) is 19.8 Å². The Morgan fingerprint density at radius 1 is 1.06 bits per heavy atom. The van der Waals surface area contributed by atoms with Gasteiger partial charge in [0, 0.05) is 27.7 Å². The van der Waals surface area contributed by atoms with E-state index in [1.54, 1.807) is 30.3 Å². The molecule has 3 aromatic carbocycles. The number of rotatable bonds is 6. The Labute approximate surface area is 208 Å². The summed E-state index contributed by atoms with van der Waals surface area (Å²) in [5.74, 6) is 0.369. The SMILES string of the molecule is O=C1/C(=C\c2ccc(OCc3ccc(Cl)cc3Cl)cc2)SC(=S)N1c1ccc([N+](=O)[O-])cc1. The van der Waals surface area contributed by atoms with Crippen molar-refractivity contribution in [1.29, 1.82) is 0 Å². The summed E-state index contributed by atoms with van der Waals surface area (Å²) in [7, 11) is 0. The van der Waals surface area contributed by atoms with Crippen molar-refractivity contribution in [2.45, 2.75) is 6.61 Å². The van der Waals surface area contributed by atoms with E-state index in [4.69, 9.17) is 40.2 Å². The maximum Gasteiger partial charge on any atom is 0.270 e. The van der Waals surface area contributed by atoms with E-state index in [9.17, 15) is 14.9 Å². The molecule has 0 unspecified atom stereocenters. The fourth-order valence-corrected chi connectivity index (χ4v) is 4.79. The van der Waals surface area contributed by atoms with E-state index < -0.39 is 4.92 Å². The van der Waals surface area contributed by atoms with Crippen LogP contribution in [-0.4, -0.2) is 15.2 Å². The maximum absolute atomic E-state index is 12.9. The summed E-state index contributed by atoms with van der Waals surface area (Å²) in [5.41, 5.74) is 2.05. The van der Waals surface area contributed by atoms with Crippen LogP contribution in [0.5, 0.6) is 5.75 Å². The fraction of sp³-hybridized carbons (Fsp3) is 0.0435. The Morgan fingerprint density at radius 2 is 1.76 bits per heavy atom. The number of nitro benzene ring substituents is 1. The Balaban J connectivity index is 1.44. The topological polar surface area (TPSA) is 72.7 Å². The lowest BCUT2D eigenvalue weighted by Crippen LogP contribution is -2.27. The first kappa shape index (κ1) is 23.3. The monoisotopic (exact) mass is 516 g/mol. The van der Waals surface area contributed by atoms with Crippen LogP contribution in [0.1, 0.15) is 11.1 Å². The van der Waals surface area contributed by atoms with Gasteiger partial charge in [-0.1, -0.05) is 65.4 Å². The molecule has 1 saturated heterocycles. The average molecular weight is 517 g/mol. The van der Waals surface area contributed by atoms with Crippen molar-refractivity contribution in [3.63, 3.8) is 0 Å². The summed E-state index contributed by atoms with van der Waals surface area (Å²) in [5, 5.41) is 11.9. The minimum Gasteiger partial charge on any atom is -0.489 e. The second kappa shape index (κ2) is 9.93. The lowest BCUT2D eigenvalue weighted by atomic mass is 10.2. The number of halogens is 2. The summed E-state index contributed by atoms with van der Waals surface area (Å²) >= 11 is 18.6. The molecule has 166 valence electrons. The van der Waals surface area contributed by atoms with Gasteiger partial charge in [-0.15, -0.1) is 0 Å². The first-order chi connectivity index (χ1) is 15.8. The number of benzene rings is 3. The van der Waals surface area contributed by atoms with Gasteiger partial charge in [0.05, 0.1) is 15.5 Å². The molecular formula is C23H14Cl2N2O4S2. The molecule has 0 aliphatic carbocycles. The largest absolute Gasteiger partial charge is 0.489 e. The van der Waals surface area contributed by atoms with Crippen LogP contribution in [0.15, 0.2) is 71.6 Å². The lowest BCUT2D eigenvalue weighted by Gasteiger charge is -2.13. The molecule has 1 aliphatic rings. The van der Waals surface area contributed by atoms with Crippen molar-refractivity contribution in [2.75, 3.05) is 4.90 Å². The van der Waals surface area contributed by atoms with Gasteiger partial charge < -0.3 is 4.74 Å². The Morgan fingerprint density at radius 3 is 2.39 bits per heavy atom. The van der Waals surface area contributed by atoms with E-state index in [0.717, 1.165) is 11.1 Å². The summed E-state index contributed by atoms with van der Waals surface area (Å²) in [6.07, 6.45) is 1.74. The molecule has 0 atom stereocenters. The third-order valence-corrected chi connectivity index (χ3v) is 6.59. The number of nitrogens with zero attached hydrogens (tertiary/aromatic N) is 2. The number of non-ortho nitro benzene ring substituents is 1. The minimum absolute atomic E-state index is 0.0552. The molecule has 0 spiro atoms. The normalized spacial score (nSPS) is 14.7. The maximum atomic E-state index is 12.9. The van der Waals surface area contributed by atoms with Gasteiger partial charge >= 0.3 is 0 Å². The van der Waals surface area contributed by atoms with E-state index in [2.05, 4.69) is 0 Å². The number of carbonyl (C=O) groups excluding carboxylic acids is 1. The second-order valence-corrected chi connectivity index (χ2v) is 9.40. The van der Waals surface area contributed by atoms with Crippen LogP contribution in [0.3, 0.4) is 0 Å². The van der Waals surface area contributed by atoms with E-state index in [1.165, 1.54) is 40.9 Å². The zero-order chi connectivity index (χ0) is 23.5. The molecule has 1 amide bonds. The van der Waals surface area contributed by atoms with Crippen molar-refractivity contribution in [1.82, 2.24) is 0 Å². The van der Waals surface area contributed by atoms with E-state index >= 15 is 0 Å². The number of ether oxygens (including phenoxy) is 1. The van der Waals surface area contributed by atoms with Crippen LogP contribution in [0.25, 0.3) is 6.08 Å². The number of hydrogen-bond donors (Lipinski definition) is 0. The third-order valence-electron chi connectivity index (χ3n) is 4.70. The van der Waals surface area contributed by atoms with Crippen molar-refractivity contribution in [2.24, 2.45) is 0 Å². The van der Waals surface area contributed by atoms with Crippen molar-refractivity contribution in [3.05, 3.63) is 103 Å². The molecule has 0 bridgehead atoms. The number of thiocarbonyl (C=S) groups is 1. The second-order valence-electron chi connectivity index (χ2n) is 6.88. The highest BCUT2D eigenvalue weighted by molar-refractivity contribution is 8.27. The third kappa shape index (κ3) is 5.36. The first-order valence-electron chi connectivity index (χ1n) is 9.51. The van der Waals surface area contributed by atoms with Gasteiger partial charge in [0.2, 0.25) is 0 Å². The van der Waals surface area contributed by atoms with Gasteiger partial charge in [0.15, 0.2) is 4.32 Å². The molecule has 0 radical (unpaired) electrons. The van der Waals surface area contributed by atoms with Gasteiger partial charge in [-0.2, -0.15) is 0 Å². The molecular weight excluding hydrogens is 503 g/mol. The van der Waals surface area contributed by atoms with Crippen molar-refractivity contribution < 1.29 is 14.5 Å². The zero-order valence-electron chi connectivity index (χ0n) is 16.7. The molecule has 3 aromatic rings. The molecule has 33 heavy (non-hydrogen) atoms. The van der Waals surface area contributed by atoms with Crippen LogP contribution in [0.4, 0.5) is 11.4 Å². The highest BCUT2D eigenvalue weighted by Gasteiger charge is 2.33. The number of amides is 1. The summed E-state index contributed by atoms with van der Waals surface area (Å²) in [6, 6.07) is 18.2. The summed E-state index contributed by atoms with van der Waals surface area (Å²) < 4.78 is 6.14. The predicted octanol–water partition coefficient (Wildman–Crippen LogP) is 6.89. The number of carbonyl (C=O) groups is 1. The van der Waals surface area contributed by atoms with Crippen molar-refractivity contribution in [3.8, 4) is 5.75 Å². The molecule has 0 saturated carbocycles. The van der Waals surface area contributed by atoms with Gasteiger partial charge in [0.1, 0.15) is 12.4 Å². The standard InChI is InChI=1S/C23H14Cl2N2O4S2/c24-16-4-3-15(20(25)12-16)13-31-19-9-1-14(2-10-19)11-21-22(28)26(23(32)33-21)17-5-7-18(8-6-17)27(29)30/h1-12H,13H2/b21-11+. The Bertz CT molecular complexity index is 1280. The van der Waals surface area contributed by atoms with E-state index in [0.29, 0.717) is 37.3 Å². The first-order valence-corrected chi connectivity index (χ1v) is 11.5. The fourth-order valence-electron chi connectivity index (χ4n) is 3.03. The summed E-state index contributed by atoms with van der Waals surface area (Å²) in [4.78, 5) is 25.1. The smallest absolute Gasteiger partial charge is 0.270 e. The molecule has 0 aromatic heterocycles. The van der Waals surface area contributed by atoms with Crippen LogP contribution < -0.4 is 9.64 Å². The number of thioether (sulfide) groups is 1. The number of anilines is 1. The van der Waals surface area contributed by atoms with Crippen LogP contribution in [-0.2, 0) is 11.4 Å². The van der Waals surface area contributed by atoms with Gasteiger partial charge in [0.25, 0.3) is 11.6 Å². The molecule has 0 N–H and O–H groups in total. The number of nitro groups is 1. The van der Waals surface area contributed by atoms with Crippen molar-refractivity contribution >= 4 is 74.9 Å². The zero-order valence-corrected chi connectivity index (χ0v) is 19.9. The van der Waals surface area contributed by atoms with E-state index in [-0.39, 0.29) is 11.6 Å². The molecule has 4 rings (SSSR count).